The Morgan fingerprint density at radius 3 is 2.70 bits per heavy atom. The van der Waals surface area contributed by atoms with Crippen LogP contribution in [0.3, 0.4) is 0 Å². The molecule has 1 aromatic heterocycles. The quantitative estimate of drug-likeness (QED) is 0.647. The predicted molar refractivity (Wildman–Crippen MR) is 89.6 cm³/mol. The fourth-order valence-corrected chi connectivity index (χ4v) is 4.45. The molecule has 3 rings (SSSR count). The Morgan fingerprint density at radius 2 is 1.90 bits per heavy atom. The summed E-state index contributed by atoms with van der Waals surface area (Å²) < 4.78 is 1.16. The largest absolute Gasteiger partial charge is 0.248 e. The van der Waals surface area contributed by atoms with E-state index >= 15 is 0 Å². The number of hydrogen-bond donors (Lipinski definition) is 0. The van der Waals surface area contributed by atoms with Crippen LogP contribution in [0.1, 0.15) is 29.5 Å². The topological polar surface area (TPSA) is 12.9 Å². The zero-order valence-corrected chi connectivity index (χ0v) is 14.2. The first-order chi connectivity index (χ1) is 9.75. The molecular formula is C16H15BrClNS. The van der Waals surface area contributed by atoms with E-state index in [2.05, 4.69) is 27.0 Å². The fraction of sp³-hybridized carbons (Fsp3) is 0.312. The van der Waals surface area contributed by atoms with E-state index in [0.29, 0.717) is 0 Å². The summed E-state index contributed by atoms with van der Waals surface area (Å²) in [4.78, 5) is 4.61. The second-order valence-electron chi connectivity index (χ2n) is 4.96. The third-order valence-electron chi connectivity index (χ3n) is 3.63. The van der Waals surface area contributed by atoms with Gasteiger partial charge in [0.1, 0.15) is 0 Å². The van der Waals surface area contributed by atoms with Crippen LogP contribution in [0.25, 0.3) is 0 Å². The smallest absolute Gasteiger partial charge is 0.0998 e. The van der Waals surface area contributed by atoms with Crippen LogP contribution < -0.4 is 0 Å². The van der Waals surface area contributed by atoms with Gasteiger partial charge in [0, 0.05) is 21.4 Å². The van der Waals surface area contributed by atoms with Crippen LogP contribution >= 0.6 is 39.3 Å². The second kappa shape index (κ2) is 6.50. The number of hydrogen-bond acceptors (Lipinski definition) is 2. The van der Waals surface area contributed by atoms with Crippen molar-refractivity contribution in [2.24, 2.45) is 0 Å². The maximum atomic E-state index is 6.22. The van der Waals surface area contributed by atoms with Gasteiger partial charge in [0.15, 0.2) is 0 Å². The van der Waals surface area contributed by atoms with Crippen molar-refractivity contribution < 1.29 is 0 Å². The SMILES string of the molecule is Clc1ccccc1CSc1ncc(Br)c2c1CCCC2. The average molecular weight is 369 g/mol. The molecule has 4 heteroatoms. The van der Waals surface area contributed by atoms with Gasteiger partial charge in [-0.2, -0.15) is 0 Å². The molecule has 0 amide bonds. The van der Waals surface area contributed by atoms with E-state index < -0.39 is 0 Å². The minimum absolute atomic E-state index is 0.839. The molecule has 1 nitrogen and oxygen atoms in total. The van der Waals surface area contributed by atoms with Crippen molar-refractivity contribution in [3.8, 4) is 0 Å². The lowest BCUT2D eigenvalue weighted by atomic mass is 9.94. The van der Waals surface area contributed by atoms with Gasteiger partial charge >= 0.3 is 0 Å². The van der Waals surface area contributed by atoms with Crippen molar-refractivity contribution in [1.29, 1.82) is 0 Å². The van der Waals surface area contributed by atoms with E-state index in [-0.39, 0.29) is 0 Å². The first kappa shape index (κ1) is 14.4. The molecule has 0 unspecified atom stereocenters. The molecule has 20 heavy (non-hydrogen) atoms. The Balaban J connectivity index is 1.83. The van der Waals surface area contributed by atoms with Crippen LogP contribution in [0.5, 0.6) is 0 Å². The molecule has 0 spiro atoms. The molecule has 0 N–H and O–H groups in total. The van der Waals surface area contributed by atoms with E-state index in [0.717, 1.165) is 28.1 Å². The summed E-state index contributed by atoms with van der Waals surface area (Å²) in [5.41, 5.74) is 4.06. The highest BCUT2D eigenvalue weighted by Gasteiger charge is 2.17. The molecule has 1 aliphatic carbocycles. The van der Waals surface area contributed by atoms with Gasteiger partial charge < -0.3 is 0 Å². The van der Waals surface area contributed by atoms with Crippen molar-refractivity contribution in [2.45, 2.75) is 36.5 Å². The van der Waals surface area contributed by atoms with Gasteiger partial charge in [0.2, 0.25) is 0 Å². The molecular weight excluding hydrogens is 354 g/mol. The Labute approximate surface area is 137 Å². The Kier molecular flexibility index (Phi) is 4.69. The van der Waals surface area contributed by atoms with E-state index in [1.165, 1.54) is 34.6 Å². The molecule has 0 aliphatic heterocycles. The molecule has 0 saturated heterocycles. The summed E-state index contributed by atoms with van der Waals surface area (Å²) in [6.45, 7) is 0. The van der Waals surface area contributed by atoms with Crippen LogP contribution in [0, 0.1) is 0 Å². The third-order valence-corrected chi connectivity index (χ3v) is 5.76. The first-order valence-electron chi connectivity index (χ1n) is 6.78. The minimum Gasteiger partial charge on any atom is -0.248 e. The fourth-order valence-electron chi connectivity index (χ4n) is 2.56. The second-order valence-corrected chi connectivity index (χ2v) is 7.18. The molecule has 104 valence electrons. The van der Waals surface area contributed by atoms with E-state index in [9.17, 15) is 0 Å². The highest BCUT2D eigenvalue weighted by atomic mass is 79.9. The number of thioether (sulfide) groups is 1. The zero-order chi connectivity index (χ0) is 13.9. The van der Waals surface area contributed by atoms with Gasteiger partial charge in [-0.15, -0.1) is 11.8 Å². The molecule has 1 aliphatic rings. The predicted octanol–water partition coefficient (Wildman–Crippen LogP) is 5.67. The number of fused-ring (bicyclic) bond motifs is 1. The minimum atomic E-state index is 0.839. The molecule has 1 heterocycles. The van der Waals surface area contributed by atoms with Gasteiger partial charge in [-0.1, -0.05) is 29.8 Å². The molecule has 0 fully saturated rings. The van der Waals surface area contributed by atoms with Crippen LogP contribution in [-0.4, -0.2) is 4.98 Å². The Bertz CT molecular complexity index is 630. The first-order valence-corrected chi connectivity index (χ1v) is 8.94. The van der Waals surface area contributed by atoms with Crippen LogP contribution in [0.4, 0.5) is 0 Å². The number of rotatable bonds is 3. The number of pyridine rings is 1. The summed E-state index contributed by atoms with van der Waals surface area (Å²) in [5, 5.41) is 2.01. The summed E-state index contributed by atoms with van der Waals surface area (Å²) in [6.07, 6.45) is 6.80. The van der Waals surface area contributed by atoms with Gasteiger partial charge in [-0.25, -0.2) is 4.98 Å². The Hall–Kier alpha value is -0.510. The highest BCUT2D eigenvalue weighted by molar-refractivity contribution is 9.10. The summed E-state index contributed by atoms with van der Waals surface area (Å²) in [7, 11) is 0. The van der Waals surface area contributed by atoms with Crippen LogP contribution in [0.15, 0.2) is 40.0 Å². The molecule has 0 atom stereocenters. The number of benzene rings is 1. The lowest BCUT2D eigenvalue weighted by Crippen LogP contribution is -2.06. The average Bonchev–Trinajstić information content (AvgIpc) is 2.48. The van der Waals surface area contributed by atoms with Gasteiger partial charge in [-0.05, 0) is 64.4 Å². The lowest BCUT2D eigenvalue weighted by Gasteiger charge is -2.19. The van der Waals surface area contributed by atoms with Crippen molar-refractivity contribution in [3.05, 3.63) is 56.6 Å². The van der Waals surface area contributed by atoms with Crippen molar-refractivity contribution >= 4 is 39.3 Å². The Morgan fingerprint density at radius 1 is 1.15 bits per heavy atom. The van der Waals surface area contributed by atoms with Crippen molar-refractivity contribution in [3.63, 3.8) is 0 Å². The lowest BCUT2D eigenvalue weighted by molar-refractivity contribution is 0.664. The summed E-state index contributed by atoms with van der Waals surface area (Å²) in [5.74, 6) is 0.876. The molecule has 0 saturated carbocycles. The monoisotopic (exact) mass is 367 g/mol. The summed E-state index contributed by atoms with van der Waals surface area (Å²) in [6, 6.07) is 8.03. The zero-order valence-electron chi connectivity index (χ0n) is 11.0. The van der Waals surface area contributed by atoms with Gasteiger partial charge in [-0.3, -0.25) is 0 Å². The molecule has 0 radical (unpaired) electrons. The molecule has 1 aromatic carbocycles. The van der Waals surface area contributed by atoms with Crippen LogP contribution in [-0.2, 0) is 18.6 Å². The number of nitrogens with zero attached hydrogens (tertiary/aromatic N) is 1. The molecule has 0 bridgehead atoms. The van der Waals surface area contributed by atoms with Crippen molar-refractivity contribution in [1.82, 2.24) is 4.98 Å². The normalized spacial score (nSPS) is 14.1. The van der Waals surface area contributed by atoms with E-state index in [1.54, 1.807) is 11.8 Å². The van der Waals surface area contributed by atoms with E-state index in [1.807, 2.05) is 24.4 Å². The highest BCUT2D eigenvalue weighted by Crippen LogP contribution is 2.35. The number of aromatic nitrogens is 1. The van der Waals surface area contributed by atoms with Gasteiger partial charge in [0.25, 0.3) is 0 Å². The third kappa shape index (κ3) is 3.05. The standard InChI is InChI=1S/C16H15BrClNS/c17-14-9-19-16(13-7-3-2-6-12(13)14)20-10-11-5-1-4-8-15(11)18/h1,4-5,8-9H,2-3,6-7,10H2. The summed E-state index contributed by atoms with van der Waals surface area (Å²) >= 11 is 11.6. The molecule has 2 aromatic rings. The van der Waals surface area contributed by atoms with E-state index in [4.69, 9.17) is 11.6 Å². The maximum Gasteiger partial charge on any atom is 0.0998 e. The van der Waals surface area contributed by atoms with Crippen molar-refractivity contribution in [2.75, 3.05) is 0 Å². The van der Waals surface area contributed by atoms with Crippen LogP contribution in [0.2, 0.25) is 5.02 Å². The van der Waals surface area contributed by atoms with Gasteiger partial charge in [0.05, 0.1) is 5.03 Å². The maximum absolute atomic E-state index is 6.22. The number of halogens is 2.